The number of aromatic nitrogens is 1. The predicted molar refractivity (Wildman–Crippen MR) is 133 cm³/mol. The van der Waals surface area contributed by atoms with Crippen LogP contribution < -0.4 is 0 Å². The maximum atomic E-state index is 13.7. The Labute approximate surface area is 202 Å². The summed E-state index contributed by atoms with van der Waals surface area (Å²) in [5, 5.41) is 3.97. The number of sulfonamides is 1. The molecule has 1 amide bonds. The summed E-state index contributed by atoms with van der Waals surface area (Å²) in [5.41, 5.74) is 4.79. The van der Waals surface area contributed by atoms with Crippen LogP contribution in [0.25, 0.3) is 12.2 Å². The maximum Gasteiger partial charge on any atom is 0.248 e. The number of likely N-dealkylation sites (tertiary alicyclic amines) is 1. The van der Waals surface area contributed by atoms with E-state index in [4.69, 9.17) is 4.52 Å². The molecule has 0 N–H and O–H groups in total. The van der Waals surface area contributed by atoms with Crippen LogP contribution in [-0.2, 0) is 14.8 Å². The number of rotatable bonds is 5. The third-order valence-corrected chi connectivity index (χ3v) is 9.00. The highest BCUT2D eigenvalue weighted by molar-refractivity contribution is 7.89. The van der Waals surface area contributed by atoms with Crippen LogP contribution in [-0.4, -0.2) is 54.9 Å². The van der Waals surface area contributed by atoms with Crippen LogP contribution in [0.15, 0.2) is 21.6 Å². The molecular formula is C26H35N3O4S. The average Bonchev–Trinajstić information content (AvgIpc) is 3.19. The minimum absolute atomic E-state index is 0.0899. The molecule has 8 heteroatoms. The number of carbonyl (C=O) groups is 1. The van der Waals surface area contributed by atoms with Gasteiger partial charge in [-0.15, -0.1) is 0 Å². The molecule has 1 atom stereocenters. The van der Waals surface area contributed by atoms with E-state index >= 15 is 0 Å². The lowest BCUT2D eigenvalue weighted by Gasteiger charge is -2.35. The quantitative estimate of drug-likeness (QED) is 0.623. The fourth-order valence-electron chi connectivity index (χ4n) is 5.28. The van der Waals surface area contributed by atoms with Gasteiger partial charge in [-0.3, -0.25) is 4.79 Å². The summed E-state index contributed by atoms with van der Waals surface area (Å²) in [7, 11) is -3.85. The molecule has 2 aliphatic rings. The summed E-state index contributed by atoms with van der Waals surface area (Å²) in [6, 6.07) is 4.20. The number of carbonyl (C=O) groups excluding carboxylic acids is 1. The van der Waals surface area contributed by atoms with E-state index in [1.165, 1.54) is 9.87 Å². The van der Waals surface area contributed by atoms with Crippen LogP contribution in [0.3, 0.4) is 0 Å². The predicted octanol–water partition coefficient (Wildman–Crippen LogP) is 4.49. The molecule has 3 heterocycles. The van der Waals surface area contributed by atoms with Crippen LogP contribution in [0.2, 0.25) is 0 Å². The standard InChI is InChI=1S/C26H35N3O4S/c1-18-15-19(2)23(20(3)16-18)10-11-24-25(21(4)27-33-24)34(31,32)29-14-8-9-22(17-29)26(30)28-12-6-5-7-13-28/h10-11,15-16,22H,5-9,12-14,17H2,1-4H3/b11-10+. The van der Waals surface area contributed by atoms with Crippen molar-refractivity contribution in [2.75, 3.05) is 26.2 Å². The van der Waals surface area contributed by atoms with Gasteiger partial charge >= 0.3 is 0 Å². The van der Waals surface area contributed by atoms with Crippen molar-refractivity contribution in [3.8, 4) is 0 Å². The lowest BCUT2D eigenvalue weighted by molar-refractivity contribution is -0.137. The van der Waals surface area contributed by atoms with E-state index in [0.717, 1.165) is 55.5 Å². The van der Waals surface area contributed by atoms with Gasteiger partial charge in [-0.05, 0) is 82.6 Å². The normalized spacial score (nSPS) is 20.2. The van der Waals surface area contributed by atoms with Gasteiger partial charge in [-0.25, -0.2) is 8.42 Å². The molecule has 2 aliphatic heterocycles. The van der Waals surface area contributed by atoms with Crippen molar-refractivity contribution in [3.63, 3.8) is 0 Å². The molecule has 0 saturated carbocycles. The van der Waals surface area contributed by atoms with Crippen molar-refractivity contribution >= 4 is 28.1 Å². The molecular weight excluding hydrogens is 450 g/mol. The highest BCUT2D eigenvalue weighted by Gasteiger charge is 2.38. The van der Waals surface area contributed by atoms with E-state index in [2.05, 4.69) is 24.2 Å². The van der Waals surface area contributed by atoms with Crippen molar-refractivity contribution in [2.24, 2.45) is 5.92 Å². The topological polar surface area (TPSA) is 83.7 Å². The average molecular weight is 486 g/mol. The Kier molecular flexibility index (Phi) is 7.28. The first-order chi connectivity index (χ1) is 16.2. The molecule has 0 radical (unpaired) electrons. The van der Waals surface area contributed by atoms with Gasteiger partial charge in [-0.1, -0.05) is 28.9 Å². The van der Waals surface area contributed by atoms with E-state index in [1.807, 2.05) is 24.8 Å². The van der Waals surface area contributed by atoms with Gasteiger partial charge in [-0.2, -0.15) is 4.31 Å². The van der Waals surface area contributed by atoms with Crippen molar-refractivity contribution in [2.45, 2.75) is 64.7 Å². The Bertz CT molecular complexity index is 1170. The summed E-state index contributed by atoms with van der Waals surface area (Å²) in [6.45, 7) is 9.94. The van der Waals surface area contributed by atoms with E-state index in [-0.39, 0.29) is 29.0 Å². The van der Waals surface area contributed by atoms with Crippen LogP contribution in [0.4, 0.5) is 0 Å². The van der Waals surface area contributed by atoms with E-state index in [9.17, 15) is 13.2 Å². The molecule has 0 spiro atoms. The number of amides is 1. The van der Waals surface area contributed by atoms with Crippen LogP contribution in [0.5, 0.6) is 0 Å². The van der Waals surface area contributed by atoms with Gasteiger partial charge < -0.3 is 9.42 Å². The number of hydrogen-bond acceptors (Lipinski definition) is 5. The number of aryl methyl sites for hydroxylation is 4. The monoisotopic (exact) mass is 485 g/mol. The first-order valence-electron chi connectivity index (χ1n) is 12.2. The van der Waals surface area contributed by atoms with Gasteiger partial charge in [0.05, 0.1) is 5.92 Å². The van der Waals surface area contributed by atoms with E-state index in [0.29, 0.717) is 18.7 Å². The largest absolute Gasteiger partial charge is 0.355 e. The fraction of sp³-hybridized carbons (Fsp3) is 0.538. The molecule has 0 bridgehead atoms. The summed E-state index contributed by atoms with van der Waals surface area (Å²) in [5.74, 6) is 0.0204. The molecule has 2 aromatic rings. The van der Waals surface area contributed by atoms with Crippen molar-refractivity contribution in [3.05, 3.63) is 45.8 Å². The fourth-order valence-corrected chi connectivity index (χ4v) is 7.05. The molecule has 4 rings (SSSR count). The van der Waals surface area contributed by atoms with Crippen molar-refractivity contribution in [1.29, 1.82) is 0 Å². The molecule has 7 nitrogen and oxygen atoms in total. The van der Waals surface area contributed by atoms with Crippen LogP contribution in [0, 0.1) is 33.6 Å². The molecule has 1 unspecified atom stereocenters. The molecule has 34 heavy (non-hydrogen) atoms. The van der Waals surface area contributed by atoms with Gasteiger partial charge in [0.25, 0.3) is 0 Å². The lowest BCUT2D eigenvalue weighted by atomic mass is 9.97. The van der Waals surface area contributed by atoms with Crippen LogP contribution in [0.1, 0.15) is 65.8 Å². The summed E-state index contributed by atoms with van der Waals surface area (Å²) in [6.07, 6.45) is 8.18. The number of benzene rings is 1. The highest BCUT2D eigenvalue weighted by Crippen LogP contribution is 2.30. The Morgan fingerprint density at radius 3 is 2.35 bits per heavy atom. The maximum absolute atomic E-state index is 13.7. The number of piperidine rings is 2. The smallest absolute Gasteiger partial charge is 0.248 e. The number of nitrogens with zero attached hydrogens (tertiary/aromatic N) is 3. The van der Waals surface area contributed by atoms with E-state index in [1.54, 1.807) is 13.0 Å². The molecule has 2 fully saturated rings. The third-order valence-electron chi connectivity index (χ3n) is 6.97. The van der Waals surface area contributed by atoms with Crippen molar-refractivity contribution < 1.29 is 17.7 Å². The zero-order valence-electron chi connectivity index (χ0n) is 20.6. The van der Waals surface area contributed by atoms with Crippen molar-refractivity contribution in [1.82, 2.24) is 14.4 Å². The molecule has 184 valence electrons. The highest BCUT2D eigenvalue weighted by atomic mass is 32.2. The van der Waals surface area contributed by atoms with Gasteiger partial charge in [0, 0.05) is 26.2 Å². The summed E-state index contributed by atoms with van der Waals surface area (Å²) >= 11 is 0. The first-order valence-corrected chi connectivity index (χ1v) is 13.6. The zero-order chi connectivity index (χ0) is 24.5. The Balaban J connectivity index is 1.58. The van der Waals surface area contributed by atoms with Crippen LogP contribution >= 0.6 is 0 Å². The molecule has 1 aromatic carbocycles. The minimum Gasteiger partial charge on any atom is -0.355 e. The second-order valence-electron chi connectivity index (χ2n) is 9.70. The number of hydrogen-bond donors (Lipinski definition) is 0. The van der Waals surface area contributed by atoms with Gasteiger partial charge in [0.15, 0.2) is 10.7 Å². The van der Waals surface area contributed by atoms with E-state index < -0.39 is 10.0 Å². The van der Waals surface area contributed by atoms with Gasteiger partial charge in [0.2, 0.25) is 15.9 Å². The lowest BCUT2D eigenvalue weighted by Crippen LogP contribution is -2.48. The molecule has 2 saturated heterocycles. The summed E-state index contributed by atoms with van der Waals surface area (Å²) < 4.78 is 34.3. The second-order valence-corrected chi connectivity index (χ2v) is 11.6. The Hall–Kier alpha value is -2.45. The Morgan fingerprint density at radius 2 is 1.68 bits per heavy atom. The second kappa shape index (κ2) is 10.0. The minimum atomic E-state index is -3.85. The first kappa shape index (κ1) is 24.7. The zero-order valence-corrected chi connectivity index (χ0v) is 21.5. The van der Waals surface area contributed by atoms with Gasteiger partial charge in [0.1, 0.15) is 5.69 Å². The molecule has 0 aliphatic carbocycles. The Morgan fingerprint density at radius 1 is 1.00 bits per heavy atom. The molecule has 1 aromatic heterocycles. The SMILES string of the molecule is Cc1cc(C)c(/C=C/c2onc(C)c2S(=O)(=O)N2CCCC(C(=O)N3CCCCC3)C2)c(C)c1. The third kappa shape index (κ3) is 4.98. The summed E-state index contributed by atoms with van der Waals surface area (Å²) in [4.78, 5) is 15.1.